The Bertz CT molecular complexity index is 382. The number of benzene rings is 1. The second-order valence-electron chi connectivity index (χ2n) is 2.96. The fourth-order valence-electron chi connectivity index (χ4n) is 0.867. The average Bonchev–Trinajstić information content (AvgIpc) is 2.17. The molecule has 0 bridgehead atoms. The van der Waals surface area contributed by atoms with Gasteiger partial charge in [0.1, 0.15) is 5.75 Å². The first-order valence-electron chi connectivity index (χ1n) is 4.51. The van der Waals surface area contributed by atoms with E-state index >= 15 is 0 Å². The molecule has 0 heterocycles. The fourth-order valence-corrected chi connectivity index (χ4v) is 2.28. The van der Waals surface area contributed by atoms with Crippen LogP contribution in [0.5, 0.6) is 5.75 Å². The van der Waals surface area contributed by atoms with E-state index in [1.165, 1.54) is 12.1 Å². The minimum atomic E-state index is -4.32. The summed E-state index contributed by atoms with van der Waals surface area (Å²) >= 11 is 11.2. The van der Waals surface area contributed by atoms with Crippen LogP contribution in [0.15, 0.2) is 30.3 Å². The van der Waals surface area contributed by atoms with Crippen molar-refractivity contribution in [3.8, 4) is 5.75 Å². The molecule has 90 valence electrons. The third-order valence-corrected chi connectivity index (χ3v) is 3.51. The summed E-state index contributed by atoms with van der Waals surface area (Å²) in [6, 6.07) is 8.09. The zero-order valence-electron chi connectivity index (χ0n) is 8.47. The molecule has 0 amide bonds. The summed E-state index contributed by atoms with van der Waals surface area (Å²) in [7, 11) is -4.32. The molecular weight excluding hydrogens is 274 g/mol. The molecule has 1 rings (SSSR count). The van der Waals surface area contributed by atoms with Crippen LogP contribution >= 0.6 is 31.0 Å². The summed E-state index contributed by atoms with van der Waals surface area (Å²) < 4.78 is 19.1. The lowest BCUT2D eigenvalue weighted by molar-refractivity contribution is 0.158. The number of phosphoric acid groups is 1. The van der Waals surface area contributed by atoms with Gasteiger partial charge in [0.05, 0.1) is 0 Å². The molecule has 16 heavy (non-hydrogen) atoms. The minimum Gasteiger partial charge on any atom is -0.404 e. The van der Waals surface area contributed by atoms with E-state index in [2.05, 4.69) is 4.52 Å². The Morgan fingerprint density at radius 3 is 2.44 bits per heavy atom. The summed E-state index contributed by atoms with van der Waals surface area (Å²) in [4.78, 5) is 9.38. The molecule has 0 aliphatic rings. The molecule has 0 aliphatic heterocycles. The van der Waals surface area contributed by atoms with E-state index in [1.807, 2.05) is 0 Å². The first kappa shape index (κ1) is 13.8. The predicted molar refractivity (Wildman–Crippen MR) is 62.7 cm³/mol. The van der Waals surface area contributed by atoms with Gasteiger partial charge in [-0.1, -0.05) is 48.3 Å². The number of alkyl halides is 2. The average molecular weight is 285 g/mol. The zero-order valence-corrected chi connectivity index (χ0v) is 10.9. The Hall–Kier alpha value is -0.250. The van der Waals surface area contributed by atoms with Crippen LogP contribution in [-0.2, 0) is 9.09 Å². The van der Waals surface area contributed by atoms with Gasteiger partial charge in [-0.25, -0.2) is 9.09 Å². The van der Waals surface area contributed by atoms with Gasteiger partial charge in [0.15, 0.2) is 0 Å². The SMILES string of the molecule is CCC(Cl)(Cl)OP(=O)(O)Oc1ccccc1. The van der Waals surface area contributed by atoms with E-state index in [0.29, 0.717) is 0 Å². The highest BCUT2D eigenvalue weighted by molar-refractivity contribution is 7.48. The highest BCUT2D eigenvalue weighted by atomic mass is 35.5. The van der Waals surface area contributed by atoms with E-state index < -0.39 is 12.3 Å². The molecule has 1 aromatic carbocycles. The number of halogens is 2. The summed E-state index contributed by atoms with van der Waals surface area (Å²) in [5.74, 6) is 0.202. The van der Waals surface area contributed by atoms with Crippen molar-refractivity contribution < 1.29 is 18.5 Å². The molecule has 0 aliphatic carbocycles. The first-order valence-corrected chi connectivity index (χ1v) is 6.76. The van der Waals surface area contributed by atoms with Gasteiger partial charge in [-0.05, 0) is 12.1 Å². The minimum absolute atomic E-state index is 0.152. The Labute approximate surface area is 104 Å². The van der Waals surface area contributed by atoms with Crippen molar-refractivity contribution in [1.29, 1.82) is 0 Å². The largest absolute Gasteiger partial charge is 0.530 e. The number of rotatable bonds is 5. The van der Waals surface area contributed by atoms with Crippen LogP contribution in [0, 0.1) is 0 Å². The molecule has 1 unspecified atom stereocenters. The lowest BCUT2D eigenvalue weighted by Gasteiger charge is -2.21. The normalized spacial score (nSPS) is 15.5. The molecule has 1 atom stereocenters. The van der Waals surface area contributed by atoms with Gasteiger partial charge < -0.3 is 4.52 Å². The van der Waals surface area contributed by atoms with Crippen LogP contribution in [0.25, 0.3) is 0 Å². The van der Waals surface area contributed by atoms with Crippen molar-refractivity contribution in [3.63, 3.8) is 0 Å². The molecule has 1 aromatic rings. The van der Waals surface area contributed by atoms with E-state index in [0.717, 1.165) is 0 Å². The van der Waals surface area contributed by atoms with E-state index in [9.17, 15) is 9.46 Å². The van der Waals surface area contributed by atoms with Crippen molar-refractivity contribution in [3.05, 3.63) is 30.3 Å². The molecule has 0 saturated carbocycles. The number of para-hydroxylation sites is 1. The topological polar surface area (TPSA) is 55.8 Å². The third-order valence-electron chi connectivity index (χ3n) is 1.62. The van der Waals surface area contributed by atoms with Crippen molar-refractivity contribution in [1.82, 2.24) is 0 Å². The monoisotopic (exact) mass is 284 g/mol. The Kier molecular flexibility index (Phi) is 4.65. The van der Waals surface area contributed by atoms with Gasteiger partial charge in [-0.2, -0.15) is 0 Å². The Balaban J connectivity index is 2.69. The Morgan fingerprint density at radius 1 is 1.38 bits per heavy atom. The third kappa shape index (κ3) is 4.73. The standard InChI is InChI=1S/C9H11Cl2O4P/c1-2-9(10,11)15-16(12,13)14-8-6-4-3-5-7-8/h3-7H,2H2,1H3,(H,12,13). The van der Waals surface area contributed by atoms with Gasteiger partial charge in [0.25, 0.3) is 0 Å². The van der Waals surface area contributed by atoms with Crippen LogP contribution in [-0.4, -0.2) is 9.41 Å². The van der Waals surface area contributed by atoms with E-state index in [1.54, 1.807) is 25.1 Å². The van der Waals surface area contributed by atoms with E-state index in [-0.39, 0.29) is 12.2 Å². The molecule has 4 nitrogen and oxygen atoms in total. The molecule has 0 radical (unpaired) electrons. The van der Waals surface area contributed by atoms with Gasteiger partial charge in [-0.15, -0.1) is 0 Å². The maximum Gasteiger partial charge on any atom is 0.530 e. The lowest BCUT2D eigenvalue weighted by atomic mass is 10.3. The second kappa shape index (κ2) is 5.39. The van der Waals surface area contributed by atoms with Crippen LogP contribution in [0.3, 0.4) is 0 Å². The Morgan fingerprint density at radius 2 is 1.94 bits per heavy atom. The molecule has 0 saturated heterocycles. The molecule has 1 N–H and O–H groups in total. The van der Waals surface area contributed by atoms with Gasteiger partial charge in [-0.3, -0.25) is 4.89 Å². The highest BCUT2D eigenvalue weighted by Gasteiger charge is 2.36. The molecular formula is C9H11Cl2O4P. The smallest absolute Gasteiger partial charge is 0.404 e. The summed E-state index contributed by atoms with van der Waals surface area (Å²) in [5, 5.41) is 0. The predicted octanol–water partition coefficient (Wildman–Crippen LogP) is 3.72. The number of hydrogen-bond donors (Lipinski definition) is 1. The zero-order chi connectivity index (χ0) is 12.2. The molecule has 0 fully saturated rings. The maximum absolute atomic E-state index is 11.5. The van der Waals surface area contributed by atoms with Crippen molar-refractivity contribution >= 4 is 31.0 Å². The summed E-state index contributed by atoms with van der Waals surface area (Å²) in [6.45, 7) is 1.61. The van der Waals surface area contributed by atoms with Crippen LogP contribution in [0.1, 0.15) is 13.3 Å². The van der Waals surface area contributed by atoms with Gasteiger partial charge >= 0.3 is 7.82 Å². The van der Waals surface area contributed by atoms with Crippen molar-refractivity contribution in [2.24, 2.45) is 0 Å². The molecule has 0 spiro atoms. The first-order chi connectivity index (χ1) is 7.35. The molecule has 0 aromatic heterocycles. The van der Waals surface area contributed by atoms with E-state index in [4.69, 9.17) is 27.7 Å². The van der Waals surface area contributed by atoms with Gasteiger partial charge in [0.2, 0.25) is 4.52 Å². The second-order valence-corrected chi connectivity index (χ2v) is 5.67. The summed E-state index contributed by atoms with van der Waals surface area (Å²) in [6.07, 6.45) is 0.152. The highest BCUT2D eigenvalue weighted by Crippen LogP contribution is 2.50. The number of phosphoric ester groups is 1. The maximum atomic E-state index is 11.5. The lowest BCUT2D eigenvalue weighted by Crippen LogP contribution is -2.16. The molecule has 7 heteroatoms. The van der Waals surface area contributed by atoms with Crippen molar-refractivity contribution in [2.45, 2.75) is 17.9 Å². The number of hydrogen-bond acceptors (Lipinski definition) is 3. The van der Waals surface area contributed by atoms with Crippen LogP contribution in [0.2, 0.25) is 0 Å². The fraction of sp³-hybridized carbons (Fsp3) is 0.333. The quantitative estimate of drug-likeness (QED) is 0.661. The van der Waals surface area contributed by atoms with Crippen LogP contribution in [0.4, 0.5) is 0 Å². The van der Waals surface area contributed by atoms with Gasteiger partial charge in [0, 0.05) is 6.42 Å². The van der Waals surface area contributed by atoms with Crippen LogP contribution < -0.4 is 4.52 Å². The summed E-state index contributed by atoms with van der Waals surface area (Å²) in [5.41, 5.74) is 0. The van der Waals surface area contributed by atoms with Crippen molar-refractivity contribution in [2.75, 3.05) is 0 Å².